The van der Waals surface area contributed by atoms with E-state index in [0.29, 0.717) is 0 Å². The summed E-state index contributed by atoms with van der Waals surface area (Å²) in [5.41, 5.74) is 2.25. The first-order valence-corrected chi connectivity index (χ1v) is 4.13. The van der Waals surface area contributed by atoms with Crippen molar-refractivity contribution in [1.29, 1.82) is 0 Å². The SMILES string of the molecule is COC1CCc2ncccc2N1. The second-order valence-corrected chi connectivity index (χ2v) is 2.91. The van der Waals surface area contributed by atoms with E-state index in [0.717, 1.165) is 24.2 Å². The Morgan fingerprint density at radius 3 is 3.42 bits per heavy atom. The molecule has 2 heterocycles. The molecule has 12 heavy (non-hydrogen) atoms. The van der Waals surface area contributed by atoms with Crippen molar-refractivity contribution in [3.05, 3.63) is 24.0 Å². The summed E-state index contributed by atoms with van der Waals surface area (Å²) in [5, 5.41) is 3.26. The number of fused-ring (bicyclic) bond motifs is 1. The van der Waals surface area contributed by atoms with E-state index in [4.69, 9.17) is 4.74 Å². The number of rotatable bonds is 1. The minimum Gasteiger partial charge on any atom is -0.362 e. The van der Waals surface area contributed by atoms with E-state index in [2.05, 4.69) is 10.3 Å². The van der Waals surface area contributed by atoms with Crippen molar-refractivity contribution in [3.8, 4) is 0 Å². The monoisotopic (exact) mass is 164 g/mol. The van der Waals surface area contributed by atoms with Crippen LogP contribution in [0.4, 0.5) is 5.69 Å². The number of ether oxygens (including phenoxy) is 1. The number of hydrogen-bond acceptors (Lipinski definition) is 3. The number of methoxy groups -OCH3 is 1. The van der Waals surface area contributed by atoms with Crippen LogP contribution in [0.25, 0.3) is 0 Å². The van der Waals surface area contributed by atoms with Gasteiger partial charge in [0.1, 0.15) is 6.23 Å². The number of aromatic nitrogens is 1. The van der Waals surface area contributed by atoms with Crippen LogP contribution in [-0.4, -0.2) is 18.3 Å². The molecule has 0 fully saturated rings. The molecule has 0 aromatic carbocycles. The fourth-order valence-electron chi connectivity index (χ4n) is 1.46. The summed E-state index contributed by atoms with van der Waals surface area (Å²) in [6, 6.07) is 3.97. The Morgan fingerprint density at radius 2 is 2.58 bits per heavy atom. The highest BCUT2D eigenvalue weighted by Crippen LogP contribution is 2.21. The van der Waals surface area contributed by atoms with E-state index < -0.39 is 0 Å². The van der Waals surface area contributed by atoms with Gasteiger partial charge in [0.15, 0.2) is 0 Å². The summed E-state index contributed by atoms with van der Waals surface area (Å²) in [6.07, 6.45) is 3.98. The molecule has 1 aliphatic heterocycles. The van der Waals surface area contributed by atoms with Crippen LogP contribution < -0.4 is 5.32 Å². The topological polar surface area (TPSA) is 34.1 Å². The molecule has 3 heteroatoms. The first-order chi connectivity index (χ1) is 5.90. The summed E-state index contributed by atoms with van der Waals surface area (Å²) in [7, 11) is 1.72. The summed E-state index contributed by atoms with van der Waals surface area (Å²) >= 11 is 0. The molecule has 0 saturated carbocycles. The van der Waals surface area contributed by atoms with Gasteiger partial charge in [0, 0.05) is 13.3 Å². The Morgan fingerprint density at radius 1 is 1.67 bits per heavy atom. The first-order valence-electron chi connectivity index (χ1n) is 4.13. The maximum absolute atomic E-state index is 5.21. The largest absolute Gasteiger partial charge is 0.362 e. The number of pyridine rings is 1. The van der Waals surface area contributed by atoms with Crippen molar-refractivity contribution in [2.24, 2.45) is 0 Å². The van der Waals surface area contributed by atoms with E-state index in [-0.39, 0.29) is 6.23 Å². The van der Waals surface area contributed by atoms with Crippen LogP contribution in [0.3, 0.4) is 0 Å². The van der Waals surface area contributed by atoms with Gasteiger partial charge in [-0.05, 0) is 25.0 Å². The summed E-state index contributed by atoms with van der Waals surface area (Å²) in [5.74, 6) is 0. The maximum Gasteiger partial charge on any atom is 0.127 e. The van der Waals surface area contributed by atoms with Crippen molar-refractivity contribution in [1.82, 2.24) is 4.98 Å². The quantitative estimate of drug-likeness (QED) is 0.681. The summed E-state index contributed by atoms with van der Waals surface area (Å²) in [4.78, 5) is 4.27. The fourth-order valence-corrected chi connectivity index (χ4v) is 1.46. The second kappa shape index (κ2) is 3.11. The van der Waals surface area contributed by atoms with Crippen LogP contribution in [0.2, 0.25) is 0 Å². The zero-order valence-corrected chi connectivity index (χ0v) is 7.08. The van der Waals surface area contributed by atoms with Crippen molar-refractivity contribution in [2.75, 3.05) is 12.4 Å². The van der Waals surface area contributed by atoms with Gasteiger partial charge in [-0.1, -0.05) is 0 Å². The lowest BCUT2D eigenvalue weighted by molar-refractivity contribution is 0.115. The maximum atomic E-state index is 5.21. The van der Waals surface area contributed by atoms with Gasteiger partial charge < -0.3 is 10.1 Å². The van der Waals surface area contributed by atoms with E-state index in [1.807, 2.05) is 18.3 Å². The lowest BCUT2D eigenvalue weighted by atomic mass is 10.1. The normalized spacial score (nSPS) is 21.2. The molecule has 0 saturated heterocycles. The van der Waals surface area contributed by atoms with E-state index in [9.17, 15) is 0 Å². The van der Waals surface area contributed by atoms with Crippen molar-refractivity contribution >= 4 is 5.69 Å². The Kier molecular flexibility index (Phi) is 1.96. The van der Waals surface area contributed by atoms with E-state index >= 15 is 0 Å². The lowest BCUT2D eigenvalue weighted by Gasteiger charge is -2.24. The molecule has 1 unspecified atom stereocenters. The Balaban J connectivity index is 2.23. The average molecular weight is 164 g/mol. The average Bonchev–Trinajstić information content (AvgIpc) is 2.17. The smallest absolute Gasteiger partial charge is 0.127 e. The molecular weight excluding hydrogens is 152 g/mol. The lowest BCUT2D eigenvalue weighted by Crippen LogP contribution is -2.27. The van der Waals surface area contributed by atoms with Crippen LogP contribution in [-0.2, 0) is 11.2 Å². The molecule has 0 radical (unpaired) electrons. The predicted molar refractivity (Wildman–Crippen MR) is 47.0 cm³/mol. The molecule has 3 nitrogen and oxygen atoms in total. The van der Waals surface area contributed by atoms with E-state index in [1.165, 1.54) is 0 Å². The first kappa shape index (κ1) is 7.55. The molecule has 0 spiro atoms. The minimum absolute atomic E-state index is 0.154. The number of aryl methyl sites for hydroxylation is 1. The molecule has 1 atom stereocenters. The molecule has 1 aromatic rings. The van der Waals surface area contributed by atoms with Gasteiger partial charge in [-0.3, -0.25) is 4.98 Å². The van der Waals surface area contributed by atoms with Gasteiger partial charge in [0.05, 0.1) is 11.4 Å². The molecule has 64 valence electrons. The van der Waals surface area contributed by atoms with Crippen LogP contribution >= 0.6 is 0 Å². The van der Waals surface area contributed by atoms with Gasteiger partial charge in [-0.2, -0.15) is 0 Å². The minimum atomic E-state index is 0.154. The highest BCUT2D eigenvalue weighted by molar-refractivity contribution is 5.49. The molecular formula is C9H12N2O. The third-order valence-electron chi connectivity index (χ3n) is 2.13. The number of anilines is 1. The van der Waals surface area contributed by atoms with Crippen LogP contribution in [0.15, 0.2) is 18.3 Å². The third kappa shape index (κ3) is 1.28. The highest BCUT2D eigenvalue weighted by atomic mass is 16.5. The predicted octanol–water partition coefficient (Wildman–Crippen LogP) is 1.41. The van der Waals surface area contributed by atoms with Gasteiger partial charge in [-0.15, -0.1) is 0 Å². The molecule has 2 rings (SSSR count). The molecule has 1 aromatic heterocycles. The molecule has 1 aliphatic rings. The Labute approximate surface area is 71.8 Å². The Hall–Kier alpha value is -1.09. The Bertz CT molecular complexity index is 275. The summed E-state index contributed by atoms with van der Waals surface area (Å²) < 4.78 is 5.21. The van der Waals surface area contributed by atoms with Crippen molar-refractivity contribution < 1.29 is 4.74 Å². The molecule has 0 aliphatic carbocycles. The molecule has 0 bridgehead atoms. The summed E-state index contributed by atoms with van der Waals surface area (Å²) in [6.45, 7) is 0. The van der Waals surface area contributed by atoms with Crippen LogP contribution in [0, 0.1) is 0 Å². The fraction of sp³-hybridized carbons (Fsp3) is 0.444. The van der Waals surface area contributed by atoms with Gasteiger partial charge in [-0.25, -0.2) is 0 Å². The van der Waals surface area contributed by atoms with Gasteiger partial charge in [0.2, 0.25) is 0 Å². The zero-order chi connectivity index (χ0) is 8.39. The number of hydrogen-bond donors (Lipinski definition) is 1. The standard InChI is InChI=1S/C9H12N2O/c1-12-9-5-4-7-8(11-9)3-2-6-10-7/h2-3,6,9,11H,4-5H2,1H3. The number of nitrogens with zero attached hydrogens (tertiary/aromatic N) is 1. The highest BCUT2D eigenvalue weighted by Gasteiger charge is 2.16. The second-order valence-electron chi connectivity index (χ2n) is 2.91. The molecule has 0 amide bonds. The van der Waals surface area contributed by atoms with E-state index in [1.54, 1.807) is 7.11 Å². The van der Waals surface area contributed by atoms with Crippen molar-refractivity contribution in [3.63, 3.8) is 0 Å². The van der Waals surface area contributed by atoms with Crippen LogP contribution in [0.1, 0.15) is 12.1 Å². The van der Waals surface area contributed by atoms with Gasteiger partial charge in [0.25, 0.3) is 0 Å². The van der Waals surface area contributed by atoms with Gasteiger partial charge >= 0.3 is 0 Å². The third-order valence-corrected chi connectivity index (χ3v) is 2.13. The van der Waals surface area contributed by atoms with Crippen LogP contribution in [0.5, 0.6) is 0 Å². The number of nitrogens with one attached hydrogen (secondary N) is 1. The zero-order valence-electron chi connectivity index (χ0n) is 7.08. The molecule has 1 N–H and O–H groups in total. The van der Waals surface area contributed by atoms with Crippen molar-refractivity contribution in [2.45, 2.75) is 19.1 Å².